The average molecular weight is 243 g/mol. The molecule has 0 aromatic heterocycles. The molecule has 86 valence electrons. The molecular weight excluding hydrogens is 230 g/mol. The van der Waals surface area contributed by atoms with Crippen LogP contribution in [0.25, 0.3) is 12.2 Å². The maximum Gasteiger partial charge on any atom is 0.0570 e. The normalized spacial score (nSPS) is 12.8. The van der Waals surface area contributed by atoms with Crippen molar-refractivity contribution in [2.75, 3.05) is 0 Å². The molecule has 0 radical (unpaired) electrons. The van der Waals surface area contributed by atoms with E-state index in [0.717, 1.165) is 11.1 Å². The minimum Gasteiger partial charge on any atom is -0.318 e. The Hall–Kier alpha value is -1.71. The largest absolute Gasteiger partial charge is 0.318 e. The molecule has 2 N–H and O–H groups in total. The zero-order chi connectivity index (χ0) is 12.1. The molecule has 0 bridgehead atoms. The summed E-state index contributed by atoms with van der Waals surface area (Å²) in [6.07, 6.45) is 4.05. The fourth-order valence-corrected chi connectivity index (χ4v) is 1.86. The molecule has 0 spiro atoms. The minimum absolute atomic E-state index is 0.641. The Morgan fingerprint density at radius 2 is 1.35 bits per heavy atom. The summed E-state index contributed by atoms with van der Waals surface area (Å²) in [6.45, 7) is 0. The number of hydrogen-bond donors (Lipinski definition) is 2. The molecule has 0 unspecified atom stereocenters. The molecule has 2 aromatic rings. The summed E-state index contributed by atoms with van der Waals surface area (Å²) in [7, 11) is -1.40. The maximum atomic E-state index is 9.10. The first-order valence-electron chi connectivity index (χ1n) is 5.23. The summed E-state index contributed by atoms with van der Waals surface area (Å²) >= 11 is 0. The molecule has 0 aliphatic carbocycles. The summed E-state index contributed by atoms with van der Waals surface area (Å²) in [5.41, 5.74) is 2.21. The predicted octanol–water partition coefficient (Wildman–Crippen LogP) is 4.07. The highest BCUT2D eigenvalue weighted by Crippen LogP contribution is 2.11. The Labute approximate surface area is 103 Å². The summed E-state index contributed by atoms with van der Waals surface area (Å²) in [5, 5.41) is 0. The van der Waals surface area contributed by atoms with Crippen molar-refractivity contribution in [1.82, 2.24) is 0 Å². The summed E-state index contributed by atoms with van der Waals surface area (Å²) in [6, 6.07) is 17.4. The molecule has 2 aromatic carbocycles. The van der Waals surface area contributed by atoms with Crippen LogP contribution in [0.1, 0.15) is 11.1 Å². The van der Waals surface area contributed by atoms with Crippen molar-refractivity contribution < 1.29 is 4.55 Å². The molecule has 0 fully saturated rings. The van der Waals surface area contributed by atoms with E-state index in [-0.39, 0.29) is 0 Å². The minimum atomic E-state index is -1.40. The average Bonchev–Trinajstić information content (AvgIpc) is 2.38. The first-order valence-corrected chi connectivity index (χ1v) is 6.42. The Morgan fingerprint density at radius 3 is 1.88 bits per heavy atom. The van der Waals surface area contributed by atoms with Crippen molar-refractivity contribution in [3.63, 3.8) is 0 Å². The van der Waals surface area contributed by atoms with E-state index in [1.54, 1.807) is 12.1 Å². The van der Waals surface area contributed by atoms with Gasteiger partial charge in [0.05, 0.1) is 11.0 Å². The Balaban J connectivity index is 2.14. The van der Waals surface area contributed by atoms with Gasteiger partial charge in [0.2, 0.25) is 0 Å². The fraction of sp³-hybridized carbons (Fsp3) is 0. The number of rotatable bonds is 3. The van der Waals surface area contributed by atoms with Gasteiger partial charge in [-0.25, -0.2) is 0 Å². The van der Waals surface area contributed by atoms with Gasteiger partial charge in [-0.15, -0.1) is 0 Å². The van der Waals surface area contributed by atoms with Crippen LogP contribution in [0.2, 0.25) is 0 Å². The van der Waals surface area contributed by atoms with Gasteiger partial charge in [0.15, 0.2) is 0 Å². The lowest BCUT2D eigenvalue weighted by Crippen LogP contribution is -1.85. The quantitative estimate of drug-likeness (QED) is 0.784. The zero-order valence-electron chi connectivity index (χ0n) is 9.21. The molecule has 0 saturated heterocycles. The molecule has 0 saturated carbocycles. The van der Waals surface area contributed by atoms with Crippen LogP contribution < -0.4 is 0 Å². The van der Waals surface area contributed by atoms with Gasteiger partial charge in [0.25, 0.3) is 0 Å². The number of benzene rings is 2. The predicted molar refractivity (Wildman–Crippen MR) is 72.8 cm³/mol. The van der Waals surface area contributed by atoms with Crippen LogP contribution in [0.5, 0.6) is 0 Å². The van der Waals surface area contributed by atoms with Gasteiger partial charge in [0.1, 0.15) is 0 Å². The third-order valence-corrected chi connectivity index (χ3v) is 3.09. The first-order chi connectivity index (χ1) is 8.25. The zero-order valence-corrected chi connectivity index (χ0v) is 10.0. The van der Waals surface area contributed by atoms with Crippen LogP contribution in [0, 0.1) is 4.78 Å². The topological polar surface area (TPSA) is 44.1 Å². The molecule has 2 nitrogen and oxygen atoms in total. The van der Waals surface area contributed by atoms with Crippen LogP contribution in [0.15, 0.2) is 59.5 Å². The van der Waals surface area contributed by atoms with Gasteiger partial charge >= 0.3 is 0 Å². The Kier molecular flexibility index (Phi) is 3.85. The van der Waals surface area contributed by atoms with E-state index in [9.17, 15) is 0 Å². The van der Waals surface area contributed by atoms with Crippen LogP contribution in [-0.4, -0.2) is 4.55 Å². The van der Waals surface area contributed by atoms with E-state index in [0.29, 0.717) is 4.90 Å². The van der Waals surface area contributed by atoms with Crippen molar-refractivity contribution in [1.29, 1.82) is 4.78 Å². The van der Waals surface area contributed by atoms with Gasteiger partial charge in [-0.1, -0.05) is 54.6 Å². The highest BCUT2D eigenvalue weighted by Gasteiger charge is 1.94. The summed E-state index contributed by atoms with van der Waals surface area (Å²) in [4.78, 5) is 0.641. The Bertz CT molecular complexity index is 532. The lowest BCUT2D eigenvalue weighted by atomic mass is 10.1. The van der Waals surface area contributed by atoms with Crippen molar-refractivity contribution >= 4 is 23.1 Å². The second kappa shape index (κ2) is 5.57. The van der Waals surface area contributed by atoms with Crippen LogP contribution >= 0.6 is 0 Å². The van der Waals surface area contributed by atoms with E-state index in [1.807, 2.05) is 54.6 Å². The summed E-state index contributed by atoms with van der Waals surface area (Å²) in [5.74, 6) is 0. The maximum absolute atomic E-state index is 9.10. The molecule has 17 heavy (non-hydrogen) atoms. The molecule has 0 amide bonds. The monoisotopic (exact) mass is 243 g/mol. The van der Waals surface area contributed by atoms with Crippen molar-refractivity contribution in [3.8, 4) is 0 Å². The van der Waals surface area contributed by atoms with Gasteiger partial charge in [-0.2, -0.15) is 0 Å². The summed E-state index contributed by atoms with van der Waals surface area (Å²) < 4.78 is 16.3. The van der Waals surface area contributed by atoms with Crippen molar-refractivity contribution in [2.45, 2.75) is 4.90 Å². The van der Waals surface area contributed by atoms with Crippen LogP contribution in [0.4, 0.5) is 0 Å². The molecule has 1 atom stereocenters. The van der Waals surface area contributed by atoms with Gasteiger partial charge in [-0.05, 0) is 23.3 Å². The van der Waals surface area contributed by atoms with Gasteiger partial charge < -0.3 is 4.55 Å². The highest BCUT2D eigenvalue weighted by atomic mass is 32.2. The van der Waals surface area contributed by atoms with E-state index in [4.69, 9.17) is 9.33 Å². The van der Waals surface area contributed by atoms with E-state index in [1.165, 1.54) is 0 Å². The highest BCUT2D eigenvalue weighted by molar-refractivity contribution is 7.80. The fourth-order valence-electron chi connectivity index (χ4n) is 1.46. The molecular formula is C14H13NOS. The smallest absolute Gasteiger partial charge is 0.0570 e. The second-order valence-electron chi connectivity index (χ2n) is 3.60. The Morgan fingerprint density at radius 1 is 0.824 bits per heavy atom. The van der Waals surface area contributed by atoms with E-state index >= 15 is 0 Å². The number of hydrogen-bond acceptors (Lipinski definition) is 1. The molecule has 0 aliphatic rings. The molecule has 0 aliphatic heterocycles. The lowest BCUT2D eigenvalue weighted by Gasteiger charge is -1.98. The first kappa shape index (κ1) is 11.8. The molecule has 3 heteroatoms. The van der Waals surface area contributed by atoms with Crippen molar-refractivity contribution in [3.05, 3.63) is 65.7 Å². The second-order valence-corrected chi connectivity index (χ2v) is 4.64. The van der Waals surface area contributed by atoms with Gasteiger partial charge in [0, 0.05) is 4.90 Å². The third-order valence-electron chi connectivity index (χ3n) is 2.37. The standard InChI is InChI=1S/C14H13NOS/c15-17(16)14-10-8-13(9-11-14)7-6-12-4-2-1-3-5-12/h1-11H,(H2,15,16)/t17-/m1/s1. The lowest BCUT2D eigenvalue weighted by molar-refractivity contribution is 0.645. The SMILES string of the molecule is N=[S@](O)c1ccc(C=Cc2ccccc2)cc1. The van der Waals surface area contributed by atoms with E-state index < -0.39 is 11.0 Å². The molecule has 0 heterocycles. The van der Waals surface area contributed by atoms with Crippen LogP contribution in [0.3, 0.4) is 0 Å². The third kappa shape index (κ3) is 3.37. The number of nitrogens with one attached hydrogen (secondary N) is 1. The van der Waals surface area contributed by atoms with Crippen molar-refractivity contribution in [2.24, 2.45) is 0 Å². The van der Waals surface area contributed by atoms with E-state index in [2.05, 4.69) is 0 Å². The van der Waals surface area contributed by atoms with Crippen LogP contribution in [-0.2, 0) is 11.0 Å². The molecule has 2 rings (SSSR count). The van der Waals surface area contributed by atoms with Gasteiger partial charge in [-0.3, -0.25) is 4.78 Å².